The quantitative estimate of drug-likeness (QED) is 0.354. The molecule has 0 radical (unpaired) electrons. The van der Waals surface area contributed by atoms with Gasteiger partial charge in [-0.15, -0.1) is 5.10 Å². The number of imidazole rings is 1. The van der Waals surface area contributed by atoms with E-state index in [0.29, 0.717) is 35.2 Å². The number of hydrogen-bond donors (Lipinski definition) is 1. The lowest BCUT2D eigenvalue weighted by Gasteiger charge is -2.14. The van der Waals surface area contributed by atoms with Gasteiger partial charge in [-0.25, -0.2) is 9.67 Å². The molecule has 3 aromatic heterocycles. The minimum atomic E-state index is -0.264. The van der Waals surface area contributed by atoms with Crippen LogP contribution in [0.15, 0.2) is 42.7 Å². The Morgan fingerprint density at radius 3 is 2.54 bits per heavy atom. The second kappa shape index (κ2) is 9.26. The number of thiazole rings is 1. The third-order valence-corrected chi connectivity index (χ3v) is 6.59. The molecule has 1 N–H and O–H groups in total. The lowest BCUT2D eigenvalue weighted by molar-refractivity contribution is 0.0946. The smallest absolute Gasteiger partial charge is 0.271 e. The molecule has 0 aliphatic carbocycles. The average molecular weight is 493 g/mol. The Morgan fingerprint density at radius 1 is 1.06 bits per heavy atom. The molecule has 11 heteroatoms. The summed E-state index contributed by atoms with van der Waals surface area (Å²) in [7, 11) is 4.71. The number of ether oxygens (including phenoxy) is 3. The summed E-state index contributed by atoms with van der Waals surface area (Å²) in [5.41, 5.74) is 4.13. The predicted molar refractivity (Wildman–Crippen MR) is 132 cm³/mol. The summed E-state index contributed by atoms with van der Waals surface area (Å²) < 4.78 is 21.0. The maximum absolute atomic E-state index is 12.7. The van der Waals surface area contributed by atoms with Crippen LogP contribution in [0.4, 0.5) is 0 Å². The van der Waals surface area contributed by atoms with Crippen molar-refractivity contribution in [1.29, 1.82) is 0 Å². The molecular weight excluding hydrogens is 468 g/mol. The van der Waals surface area contributed by atoms with Gasteiger partial charge in [-0.1, -0.05) is 22.6 Å². The Bertz CT molecular complexity index is 1510. The molecule has 0 bridgehead atoms. The number of amides is 1. The number of nitrogens with one attached hydrogen (secondary N) is 1. The number of rotatable bonds is 8. The van der Waals surface area contributed by atoms with Crippen LogP contribution in [0.5, 0.6) is 17.2 Å². The Labute approximate surface area is 205 Å². The fourth-order valence-corrected chi connectivity index (χ4v) is 5.00. The topological polar surface area (TPSA) is 105 Å². The molecular formula is C24H24N6O4S. The van der Waals surface area contributed by atoms with Crippen molar-refractivity contribution in [1.82, 2.24) is 29.7 Å². The van der Waals surface area contributed by atoms with Crippen LogP contribution in [0.25, 0.3) is 15.2 Å². The Kier molecular flexibility index (Phi) is 6.00. The zero-order valence-corrected chi connectivity index (χ0v) is 20.5. The van der Waals surface area contributed by atoms with Crippen LogP contribution in [-0.4, -0.2) is 51.6 Å². The highest BCUT2D eigenvalue weighted by molar-refractivity contribution is 7.23. The molecule has 0 aliphatic rings. The van der Waals surface area contributed by atoms with Crippen molar-refractivity contribution in [2.24, 2.45) is 0 Å². The fraction of sp³-hybridized carbons (Fsp3) is 0.250. The summed E-state index contributed by atoms with van der Waals surface area (Å²) in [5.74, 6) is 1.40. The van der Waals surface area contributed by atoms with Gasteiger partial charge < -0.3 is 19.5 Å². The van der Waals surface area contributed by atoms with Gasteiger partial charge in [0.2, 0.25) is 5.75 Å². The van der Waals surface area contributed by atoms with Crippen molar-refractivity contribution in [3.05, 3.63) is 65.2 Å². The molecule has 5 aromatic rings. The van der Waals surface area contributed by atoms with E-state index < -0.39 is 0 Å². The second-order valence-electron chi connectivity index (χ2n) is 7.98. The van der Waals surface area contributed by atoms with Crippen molar-refractivity contribution in [2.75, 3.05) is 21.3 Å². The maximum atomic E-state index is 12.7. The van der Waals surface area contributed by atoms with E-state index in [9.17, 15) is 4.79 Å². The summed E-state index contributed by atoms with van der Waals surface area (Å²) in [4.78, 5) is 18.0. The normalized spacial score (nSPS) is 11.2. The van der Waals surface area contributed by atoms with E-state index in [1.54, 1.807) is 49.7 Å². The minimum absolute atomic E-state index is 0.235. The van der Waals surface area contributed by atoms with Crippen molar-refractivity contribution in [3.8, 4) is 17.2 Å². The molecule has 35 heavy (non-hydrogen) atoms. The highest BCUT2D eigenvalue weighted by Crippen LogP contribution is 2.38. The third kappa shape index (κ3) is 4.37. The van der Waals surface area contributed by atoms with Crippen LogP contribution in [0, 0.1) is 6.92 Å². The lowest BCUT2D eigenvalue weighted by Crippen LogP contribution is -2.23. The van der Waals surface area contributed by atoms with Crippen molar-refractivity contribution in [2.45, 2.75) is 20.0 Å². The molecule has 0 aliphatic heterocycles. The van der Waals surface area contributed by atoms with Crippen LogP contribution in [0.1, 0.15) is 27.3 Å². The number of benzene rings is 2. The minimum Gasteiger partial charge on any atom is -0.493 e. The molecule has 5 rings (SSSR count). The van der Waals surface area contributed by atoms with Crippen molar-refractivity contribution in [3.63, 3.8) is 0 Å². The lowest BCUT2D eigenvalue weighted by atomic mass is 10.2. The first-order chi connectivity index (χ1) is 17.0. The highest BCUT2D eigenvalue weighted by atomic mass is 32.1. The molecule has 0 fully saturated rings. The summed E-state index contributed by atoms with van der Waals surface area (Å²) in [6, 6.07) is 9.94. The van der Waals surface area contributed by atoms with Crippen molar-refractivity contribution >= 4 is 32.4 Å². The van der Waals surface area contributed by atoms with Gasteiger partial charge in [0.05, 0.1) is 50.8 Å². The van der Waals surface area contributed by atoms with Crippen LogP contribution < -0.4 is 19.5 Å². The van der Waals surface area contributed by atoms with Crippen molar-refractivity contribution < 1.29 is 19.0 Å². The van der Waals surface area contributed by atoms with E-state index in [1.165, 1.54) is 5.56 Å². The SMILES string of the molecule is COc1cc(Cn2cc(CNC(=O)c3cn4c(n3)sc3cc(C)ccc34)nn2)cc(OC)c1OC. The van der Waals surface area contributed by atoms with Crippen LogP contribution in [0.2, 0.25) is 0 Å². The van der Waals surface area contributed by atoms with E-state index in [0.717, 1.165) is 20.7 Å². The molecule has 0 spiro atoms. The number of carbonyl (C=O) groups is 1. The fourth-order valence-electron chi connectivity index (χ4n) is 3.89. The maximum Gasteiger partial charge on any atom is 0.271 e. The van der Waals surface area contributed by atoms with Crippen LogP contribution in [0.3, 0.4) is 0 Å². The Balaban J connectivity index is 1.26. The van der Waals surface area contributed by atoms with E-state index >= 15 is 0 Å². The summed E-state index contributed by atoms with van der Waals surface area (Å²) in [6.45, 7) is 2.74. The zero-order chi connectivity index (χ0) is 24.5. The number of nitrogens with zero attached hydrogens (tertiary/aromatic N) is 5. The van der Waals surface area contributed by atoms with Gasteiger partial charge in [0.25, 0.3) is 5.91 Å². The van der Waals surface area contributed by atoms with Gasteiger partial charge in [0.1, 0.15) is 11.4 Å². The van der Waals surface area contributed by atoms with E-state index in [-0.39, 0.29) is 12.5 Å². The number of fused-ring (bicyclic) bond motifs is 3. The van der Waals surface area contributed by atoms with Gasteiger partial charge in [-0.05, 0) is 42.3 Å². The van der Waals surface area contributed by atoms with Gasteiger partial charge in [-0.2, -0.15) is 0 Å². The first-order valence-electron chi connectivity index (χ1n) is 10.8. The molecule has 0 saturated heterocycles. The number of aryl methyl sites for hydroxylation is 1. The van der Waals surface area contributed by atoms with Crippen LogP contribution in [-0.2, 0) is 13.1 Å². The predicted octanol–water partition coefficient (Wildman–Crippen LogP) is 3.45. The average Bonchev–Trinajstić information content (AvgIpc) is 3.56. The van der Waals surface area contributed by atoms with Gasteiger partial charge in [0.15, 0.2) is 16.5 Å². The largest absolute Gasteiger partial charge is 0.493 e. The van der Waals surface area contributed by atoms with Gasteiger partial charge in [-0.3, -0.25) is 9.20 Å². The number of carbonyl (C=O) groups excluding carboxylic acids is 1. The standard InChI is InChI=1S/C24H24N6O4S/c1-14-5-6-18-21(7-14)35-24-26-17(13-30(18)24)23(31)25-10-16-12-29(28-27-16)11-15-8-19(32-2)22(34-4)20(9-15)33-3/h5-9,12-13H,10-11H2,1-4H3,(H,25,31). The third-order valence-electron chi connectivity index (χ3n) is 5.57. The zero-order valence-electron chi connectivity index (χ0n) is 19.7. The van der Waals surface area contributed by atoms with Gasteiger partial charge in [0, 0.05) is 6.20 Å². The van der Waals surface area contributed by atoms with E-state index in [1.807, 2.05) is 22.6 Å². The summed E-state index contributed by atoms with van der Waals surface area (Å²) in [6.07, 6.45) is 3.55. The van der Waals surface area contributed by atoms with Crippen LogP contribution >= 0.6 is 11.3 Å². The van der Waals surface area contributed by atoms with Gasteiger partial charge >= 0.3 is 0 Å². The monoisotopic (exact) mass is 492 g/mol. The number of aromatic nitrogens is 5. The molecule has 2 aromatic carbocycles. The first kappa shape index (κ1) is 22.7. The first-order valence-corrected chi connectivity index (χ1v) is 11.6. The number of hydrogen-bond acceptors (Lipinski definition) is 8. The Hall–Kier alpha value is -4.12. The van der Waals surface area contributed by atoms with E-state index in [2.05, 4.69) is 39.7 Å². The molecule has 0 unspecified atom stereocenters. The molecule has 3 heterocycles. The second-order valence-corrected chi connectivity index (χ2v) is 8.98. The molecule has 10 nitrogen and oxygen atoms in total. The molecule has 1 amide bonds. The summed E-state index contributed by atoms with van der Waals surface area (Å²) >= 11 is 1.56. The molecule has 180 valence electrons. The Morgan fingerprint density at radius 2 is 1.83 bits per heavy atom. The highest BCUT2D eigenvalue weighted by Gasteiger charge is 2.16. The molecule has 0 atom stereocenters. The van der Waals surface area contributed by atoms with E-state index in [4.69, 9.17) is 14.2 Å². The number of methoxy groups -OCH3 is 3. The summed E-state index contributed by atoms with van der Waals surface area (Å²) in [5, 5.41) is 11.2. The molecule has 0 saturated carbocycles.